The first-order chi connectivity index (χ1) is 11.4. The van der Waals surface area contributed by atoms with Gasteiger partial charge in [0.1, 0.15) is 5.75 Å². The van der Waals surface area contributed by atoms with Crippen LogP contribution in [-0.2, 0) is 14.6 Å². The molecule has 3 rings (SSSR count). The number of sulfone groups is 1. The van der Waals surface area contributed by atoms with Crippen LogP contribution in [-0.4, -0.2) is 62.5 Å². The van der Waals surface area contributed by atoms with Gasteiger partial charge in [-0.05, 0) is 37.6 Å². The number of anilines is 1. The van der Waals surface area contributed by atoms with Crippen molar-refractivity contribution in [3.8, 4) is 5.75 Å². The first-order valence-corrected chi connectivity index (χ1v) is 10.1. The van der Waals surface area contributed by atoms with Crippen molar-refractivity contribution in [3.05, 3.63) is 24.3 Å². The quantitative estimate of drug-likeness (QED) is 0.817. The lowest BCUT2D eigenvalue weighted by atomic mass is 10.00. The van der Waals surface area contributed by atoms with Crippen LogP contribution in [0.5, 0.6) is 5.75 Å². The minimum Gasteiger partial charge on any atom is -0.497 e. The van der Waals surface area contributed by atoms with E-state index in [1.165, 1.54) is 0 Å². The fourth-order valence-corrected chi connectivity index (χ4v) is 5.67. The molecule has 1 aromatic rings. The first kappa shape index (κ1) is 17.2. The summed E-state index contributed by atoms with van der Waals surface area (Å²) in [5.74, 6) is 0.823. The van der Waals surface area contributed by atoms with Gasteiger partial charge in [-0.25, -0.2) is 8.42 Å². The molecule has 0 aliphatic carbocycles. The number of fused-ring (bicyclic) bond motifs is 1. The third kappa shape index (κ3) is 3.02. The van der Waals surface area contributed by atoms with E-state index in [4.69, 9.17) is 4.74 Å². The van der Waals surface area contributed by atoms with Gasteiger partial charge >= 0.3 is 0 Å². The SMILES string of the molecule is CCC(C)N1CC(=O)N(c2ccc(OC)cc2)C2CS(=O)(=O)CC21. The molecule has 6 nitrogen and oxygen atoms in total. The summed E-state index contributed by atoms with van der Waals surface area (Å²) in [4.78, 5) is 16.5. The van der Waals surface area contributed by atoms with Crippen molar-refractivity contribution in [1.82, 2.24) is 4.90 Å². The predicted octanol–water partition coefficient (Wildman–Crippen LogP) is 1.31. The normalized spacial score (nSPS) is 27.8. The second kappa shape index (κ2) is 6.37. The van der Waals surface area contributed by atoms with Gasteiger partial charge in [0, 0.05) is 17.8 Å². The number of piperazine rings is 1. The highest BCUT2D eigenvalue weighted by molar-refractivity contribution is 7.91. The molecule has 0 radical (unpaired) electrons. The number of methoxy groups -OCH3 is 1. The van der Waals surface area contributed by atoms with Crippen molar-refractivity contribution >= 4 is 21.4 Å². The number of hydrogen-bond donors (Lipinski definition) is 0. The summed E-state index contributed by atoms with van der Waals surface area (Å²) >= 11 is 0. The Morgan fingerprint density at radius 1 is 1.21 bits per heavy atom. The van der Waals surface area contributed by atoms with Gasteiger partial charge in [0.15, 0.2) is 9.84 Å². The number of amides is 1. The average Bonchev–Trinajstić information content (AvgIpc) is 2.88. The second-order valence-corrected chi connectivity index (χ2v) is 8.76. The highest BCUT2D eigenvalue weighted by Crippen LogP contribution is 2.33. The lowest BCUT2D eigenvalue weighted by molar-refractivity contribution is -0.124. The first-order valence-electron chi connectivity index (χ1n) is 8.28. The van der Waals surface area contributed by atoms with Crippen molar-refractivity contribution in [3.63, 3.8) is 0 Å². The standard InChI is InChI=1S/C17H24N2O4S/c1-4-12(2)18-9-17(20)19(13-5-7-14(23-3)8-6-13)16-11-24(21,22)10-15(16)18/h5-8,12,15-16H,4,9-11H2,1-3H3. The van der Waals surface area contributed by atoms with Crippen LogP contribution >= 0.6 is 0 Å². The number of hydrogen-bond acceptors (Lipinski definition) is 5. The molecule has 7 heteroatoms. The van der Waals surface area contributed by atoms with Gasteiger partial charge < -0.3 is 9.64 Å². The summed E-state index contributed by atoms with van der Waals surface area (Å²) in [5.41, 5.74) is 0.733. The van der Waals surface area contributed by atoms with Crippen molar-refractivity contribution in [2.24, 2.45) is 0 Å². The van der Waals surface area contributed by atoms with Crippen LogP contribution in [0.4, 0.5) is 5.69 Å². The molecule has 0 N–H and O–H groups in total. The van der Waals surface area contributed by atoms with E-state index in [1.54, 1.807) is 24.1 Å². The highest BCUT2D eigenvalue weighted by Gasteiger charge is 2.50. The van der Waals surface area contributed by atoms with Crippen LogP contribution < -0.4 is 9.64 Å². The Bertz CT molecular complexity index is 717. The van der Waals surface area contributed by atoms with Gasteiger partial charge in [-0.1, -0.05) is 6.92 Å². The number of rotatable bonds is 4. The van der Waals surface area contributed by atoms with E-state index in [0.717, 1.165) is 12.1 Å². The molecule has 2 saturated heterocycles. The van der Waals surface area contributed by atoms with Crippen LogP contribution in [0.25, 0.3) is 0 Å². The Morgan fingerprint density at radius 3 is 2.42 bits per heavy atom. The van der Waals surface area contributed by atoms with Crippen molar-refractivity contribution in [2.45, 2.75) is 38.4 Å². The molecule has 0 spiro atoms. The molecule has 132 valence electrons. The highest BCUT2D eigenvalue weighted by atomic mass is 32.2. The Morgan fingerprint density at radius 2 is 1.83 bits per heavy atom. The number of nitrogens with zero attached hydrogens (tertiary/aromatic N) is 2. The van der Waals surface area contributed by atoms with Crippen LogP contribution in [0.15, 0.2) is 24.3 Å². The second-order valence-electron chi connectivity index (χ2n) is 6.60. The Hall–Kier alpha value is -1.60. The third-order valence-electron chi connectivity index (χ3n) is 5.15. The van der Waals surface area contributed by atoms with Crippen LogP contribution in [0.3, 0.4) is 0 Å². The molecule has 1 aromatic carbocycles. The molecule has 2 fully saturated rings. The zero-order chi connectivity index (χ0) is 17.5. The fraction of sp³-hybridized carbons (Fsp3) is 0.588. The lowest BCUT2D eigenvalue weighted by Gasteiger charge is -2.45. The monoisotopic (exact) mass is 352 g/mol. The largest absolute Gasteiger partial charge is 0.497 e. The summed E-state index contributed by atoms with van der Waals surface area (Å²) in [6.07, 6.45) is 0.888. The lowest BCUT2D eigenvalue weighted by Crippen LogP contribution is -2.63. The molecule has 1 amide bonds. The number of benzene rings is 1. The van der Waals surface area contributed by atoms with E-state index in [1.807, 2.05) is 12.1 Å². The molecule has 0 saturated carbocycles. The van der Waals surface area contributed by atoms with E-state index in [-0.39, 0.29) is 42.1 Å². The molecular formula is C17H24N2O4S. The van der Waals surface area contributed by atoms with E-state index in [2.05, 4.69) is 18.7 Å². The van der Waals surface area contributed by atoms with E-state index in [0.29, 0.717) is 5.75 Å². The zero-order valence-electron chi connectivity index (χ0n) is 14.3. The Kier molecular flexibility index (Phi) is 4.57. The predicted molar refractivity (Wildman–Crippen MR) is 93.2 cm³/mol. The summed E-state index contributed by atoms with van der Waals surface area (Å²) in [7, 11) is -1.55. The van der Waals surface area contributed by atoms with Gasteiger partial charge in [-0.2, -0.15) is 0 Å². The molecule has 2 aliphatic heterocycles. The molecule has 2 aliphatic rings. The maximum atomic E-state index is 12.8. The Labute approximate surface area is 143 Å². The van der Waals surface area contributed by atoms with Crippen LogP contribution in [0.1, 0.15) is 20.3 Å². The van der Waals surface area contributed by atoms with Gasteiger partial charge in [0.25, 0.3) is 0 Å². The smallest absolute Gasteiger partial charge is 0.241 e. The maximum Gasteiger partial charge on any atom is 0.241 e. The summed E-state index contributed by atoms with van der Waals surface area (Å²) in [6.45, 7) is 4.37. The number of carbonyl (C=O) groups excluding carboxylic acids is 1. The number of ether oxygens (including phenoxy) is 1. The third-order valence-corrected chi connectivity index (χ3v) is 6.84. The van der Waals surface area contributed by atoms with E-state index in [9.17, 15) is 13.2 Å². The molecule has 2 heterocycles. The minimum absolute atomic E-state index is 0.0301. The molecule has 24 heavy (non-hydrogen) atoms. The average molecular weight is 352 g/mol. The Balaban J connectivity index is 1.97. The molecule has 0 aromatic heterocycles. The van der Waals surface area contributed by atoms with Crippen molar-refractivity contribution in [2.75, 3.05) is 30.1 Å². The minimum atomic E-state index is -3.14. The van der Waals surface area contributed by atoms with E-state index < -0.39 is 9.84 Å². The molecular weight excluding hydrogens is 328 g/mol. The topological polar surface area (TPSA) is 66.9 Å². The molecule has 0 bridgehead atoms. The van der Waals surface area contributed by atoms with Crippen LogP contribution in [0.2, 0.25) is 0 Å². The van der Waals surface area contributed by atoms with Crippen molar-refractivity contribution in [1.29, 1.82) is 0 Å². The summed E-state index contributed by atoms with van der Waals surface area (Å²) in [5, 5.41) is 0. The van der Waals surface area contributed by atoms with Crippen LogP contribution in [0, 0.1) is 0 Å². The van der Waals surface area contributed by atoms with Gasteiger partial charge in [0.05, 0.1) is 31.2 Å². The molecule has 3 atom stereocenters. The van der Waals surface area contributed by atoms with Gasteiger partial charge in [0.2, 0.25) is 5.91 Å². The maximum absolute atomic E-state index is 12.8. The van der Waals surface area contributed by atoms with E-state index >= 15 is 0 Å². The zero-order valence-corrected chi connectivity index (χ0v) is 15.1. The summed E-state index contributed by atoms with van der Waals surface area (Å²) in [6, 6.07) is 6.95. The number of carbonyl (C=O) groups is 1. The van der Waals surface area contributed by atoms with Gasteiger partial charge in [-0.15, -0.1) is 0 Å². The fourth-order valence-electron chi connectivity index (χ4n) is 3.70. The van der Waals surface area contributed by atoms with Crippen molar-refractivity contribution < 1.29 is 17.9 Å². The summed E-state index contributed by atoms with van der Waals surface area (Å²) < 4.78 is 29.7. The van der Waals surface area contributed by atoms with Gasteiger partial charge in [-0.3, -0.25) is 9.69 Å². The molecule has 3 unspecified atom stereocenters.